The fourth-order valence-corrected chi connectivity index (χ4v) is 2.14. The molecule has 1 aromatic carbocycles. The van der Waals surface area contributed by atoms with Crippen molar-refractivity contribution in [2.75, 3.05) is 18.1 Å². The molecule has 1 amide bonds. The number of nitrogens with zero attached hydrogens (tertiary/aromatic N) is 2. The molecule has 0 radical (unpaired) electrons. The highest BCUT2D eigenvalue weighted by atomic mass is 16.6. The third kappa shape index (κ3) is 2.81. The van der Waals surface area contributed by atoms with E-state index in [1.165, 1.54) is 4.90 Å². The molecule has 0 unspecified atom stereocenters. The van der Waals surface area contributed by atoms with Crippen LogP contribution in [0.5, 0.6) is 0 Å². The summed E-state index contributed by atoms with van der Waals surface area (Å²) in [5.41, 5.74) is 1.06. The lowest BCUT2D eigenvalue weighted by atomic mass is 10.2. The van der Waals surface area contributed by atoms with Crippen LogP contribution in [0.15, 0.2) is 34.7 Å². The smallest absolute Gasteiger partial charge is 0.415 e. The Morgan fingerprint density at radius 3 is 2.76 bits per heavy atom. The summed E-state index contributed by atoms with van der Waals surface area (Å²) in [7, 11) is 0. The zero-order valence-electron chi connectivity index (χ0n) is 11.8. The second-order valence-electron chi connectivity index (χ2n) is 4.66. The number of hydrogen-bond donors (Lipinski definition) is 0. The normalized spacial score (nSPS) is 14.9. The van der Waals surface area contributed by atoms with Crippen LogP contribution < -0.4 is 4.90 Å². The van der Waals surface area contributed by atoms with E-state index in [2.05, 4.69) is 4.98 Å². The third-order valence-electron chi connectivity index (χ3n) is 3.22. The number of carbonyl (C=O) groups excluding carboxylic acids is 1. The summed E-state index contributed by atoms with van der Waals surface area (Å²) in [5, 5.41) is 0. The van der Waals surface area contributed by atoms with Crippen molar-refractivity contribution in [1.29, 1.82) is 0 Å². The van der Waals surface area contributed by atoms with E-state index in [0.29, 0.717) is 37.0 Å². The molecule has 0 aliphatic carbocycles. The molecule has 2 heterocycles. The molecule has 1 aliphatic heterocycles. The summed E-state index contributed by atoms with van der Waals surface area (Å²) in [6.07, 6.45) is 4.07. The van der Waals surface area contributed by atoms with Gasteiger partial charge in [-0.05, 0) is 11.6 Å². The molecule has 5 heteroatoms. The van der Waals surface area contributed by atoms with Gasteiger partial charge in [-0.1, -0.05) is 43.3 Å². The molecule has 108 valence electrons. The first kappa shape index (κ1) is 13.4. The summed E-state index contributed by atoms with van der Waals surface area (Å²) in [4.78, 5) is 17.6. The van der Waals surface area contributed by atoms with Crippen molar-refractivity contribution < 1.29 is 13.9 Å². The molecule has 1 aromatic heterocycles. The van der Waals surface area contributed by atoms with Crippen molar-refractivity contribution in [1.82, 2.24) is 4.98 Å². The first-order valence-corrected chi connectivity index (χ1v) is 6.95. The number of oxazole rings is 1. The van der Waals surface area contributed by atoms with E-state index in [-0.39, 0.29) is 6.09 Å². The van der Waals surface area contributed by atoms with E-state index in [1.54, 1.807) is 0 Å². The van der Waals surface area contributed by atoms with Gasteiger partial charge in [0.2, 0.25) is 0 Å². The van der Waals surface area contributed by atoms with E-state index in [0.717, 1.165) is 5.56 Å². The Labute approximate surface area is 122 Å². The Balaban J connectivity index is 1.92. The van der Waals surface area contributed by atoms with E-state index in [4.69, 9.17) is 9.15 Å². The van der Waals surface area contributed by atoms with E-state index in [1.807, 2.05) is 49.4 Å². The Morgan fingerprint density at radius 1 is 1.29 bits per heavy atom. The number of amides is 1. The quantitative estimate of drug-likeness (QED) is 0.863. The summed E-state index contributed by atoms with van der Waals surface area (Å²) >= 11 is 0. The minimum Gasteiger partial charge on any atom is -0.447 e. The molecule has 1 fully saturated rings. The zero-order valence-corrected chi connectivity index (χ0v) is 11.8. The van der Waals surface area contributed by atoms with Crippen LogP contribution in [0.2, 0.25) is 0 Å². The highest BCUT2D eigenvalue weighted by molar-refractivity contribution is 5.90. The van der Waals surface area contributed by atoms with Crippen LogP contribution in [0.4, 0.5) is 10.6 Å². The third-order valence-corrected chi connectivity index (χ3v) is 3.22. The highest BCUT2D eigenvalue weighted by Gasteiger charge is 2.28. The number of hydrogen-bond acceptors (Lipinski definition) is 4. The molecule has 1 aliphatic rings. The molecular formula is C16H16N2O3. The second-order valence-corrected chi connectivity index (χ2v) is 4.66. The number of ether oxygens (including phenoxy) is 1. The van der Waals surface area contributed by atoms with Gasteiger partial charge in [0, 0.05) is 6.42 Å². The fourth-order valence-electron chi connectivity index (χ4n) is 2.14. The van der Waals surface area contributed by atoms with Crippen LogP contribution in [-0.4, -0.2) is 24.2 Å². The predicted molar refractivity (Wildman–Crippen MR) is 79.9 cm³/mol. The lowest BCUT2D eigenvalue weighted by molar-refractivity contribution is 0.181. The molecule has 1 saturated heterocycles. The number of anilines is 1. The Morgan fingerprint density at radius 2 is 2.10 bits per heavy atom. The standard InChI is InChI=1S/C16H16N2O3/c1-2-14-17-15(18-10-11-20-16(18)19)13(21-14)9-8-12-6-4-3-5-7-12/h3-9H,2,10-11H2,1H3/b9-8+. The molecular weight excluding hydrogens is 268 g/mol. The molecule has 0 atom stereocenters. The van der Waals surface area contributed by atoms with E-state index < -0.39 is 0 Å². The van der Waals surface area contributed by atoms with Gasteiger partial charge in [-0.3, -0.25) is 4.90 Å². The van der Waals surface area contributed by atoms with Crippen molar-refractivity contribution in [3.8, 4) is 0 Å². The first-order valence-electron chi connectivity index (χ1n) is 6.95. The van der Waals surface area contributed by atoms with E-state index >= 15 is 0 Å². The topological polar surface area (TPSA) is 55.6 Å². The summed E-state index contributed by atoms with van der Waals surface area (Å²) in [5.74, 6) is 1.72. The number of carbonyl (C=O) groups is 1. The SMILES string of the molecule is CCc1nc(N2CCOC2=O)c(/C=C/c2ccccc2)o1. The lowest BCUT2D eigenvalue weighted by Gasteiger charge is -2.08. The fraction of sp³-hybridized carbons (Fsp3) is 0.250. The van der Waals surface area contributed by atoms with Crippen molar-refractivity contribution in [2.24, 2.45) is 0 Å². The number of cyclic esters (lactones) is 1. The second kappa shape index (κ2) is 5.83. The van der Waals surface area contributed by atoms with Crippen LogP contribution in [0, 0.1) is 0 Å². The maximum atomic E-state index is 11.7. The molecule has 21 heavy (non-hydrogen) atoms. The summed E-state index contributed by atoms with van der Waals surface area (Å²) < 4.78 is 10.7. The van der Waals surface area contributed by atoms with Gasteiger partial charge in [-0.2, -0.15) is 4.98 Å². The van der Waals surface area contributed by atoms with Crippen LogP contribution in [-0.2, 0) is 11.2 Å². The van der Waals surface area contributed by atoms with Crippen molar-refractivity contribution in [3.05, 3.63) is 47.5 Å². The number of benzene rings is 1. The lowest BCUT2D eigenvalue weighted by Crippen LogP contribution is -2.24. The van der Waals surface area contributed by atoms with Gasteiger partial charge in [-0.25, -0.2) is 4.79 Å². The van der Waals surface area contributed by atoms with Gasteiger partial charge in [-0.15, -0.1) is 0 Å². The summed E-state index contributed by atoms with van der Waals surface area (Å²) in [6.45, 7) is 2.85. The minimum atomic E-state index is -0.375. The summed E-state index contributed by atoms with van der Waals surface area (Å²) in [6, 6.07) is 9.90. The van der Waals surface area contributed by atoms with Gasteiger partial charge in [0.1, 0.15) is 6.61 Å². The average Bonchev–Trinajstić information content (AvgIpc) is 3.11. The molecule has 0 bridgehead atoms. The molecule has 0 spiro atoms. The Kier molecular flexibility index (Phi) is 3.73. The van der Waals surface area contributed by atoms with Crippen molar-refractivity contribution >= 4 is 24.1 Å². The minimum absolute atomic E-state index is 0.375. The van der Waals surface area contributed by atoms with Crippen LogP contribution >= 0.6 is 0 Å². The monoisotopic (exact) mass is 284 g/mol. The van der Waals surface area contributed by atoms with Crippen LogP contribution in [0.3, 0.4) is 0 Å². The van der Waals surface area contributed by atoms with Gasteiger partial charge in [0.25, 0.3) is 0 Å². The Bertz CT molecular complexity index is 661. The molecule has 5 nitrogen and oxygen atoms in total. The van der Waals surface area contributed by atoms with Gasteiger partial charge >= 0.3 is 6.09 Å². The van der Waals surface area contributed by atoms with Crippen LogP contribution in [0.25, 0.3) is 12.2 Å². The van der Waals surface area contributed by atoms with Crippen molar-refractivity contribution in [2.45, 2.75) is 13.3 Å². The highest BCUT2D eigenvalue weighted by Crippen LogP contribution is 2.26. The maximum absolute atomic E-state index is 11.7. The van der Waals surface area contributed by atoms with Crippen molar-refractivity contribution in [3.63, 3.8) is 0 Å². The number of aryl methyl sites for hydroxylation is 1. The largest absolute Gasteiger partial charge is 0.447 e. The zero-order chi connectivity index (χ0) is 14.7. The first-order chi connectivity index (χ1) is 10.3. The molecule has 2 aromatic rings. The van der Waals surface area contributed by atoms with Gasteiger partial charge < -0.3 is 9.15 Å². The molecule has 0 saturated carbocycles. The Hall–Kier alpha value is -2.56. The van der Waals surface area contributed by atoms with Gasteiger partial charge in [0.15, 0.2) is 17.5 Å². The molecule has 3 rings (SSSR count). The van der Waals surface area contributed by atoms with Gasteiger partial charge in [0.05, 0.1) is 6.54 Å². The van der Waals surface area contributed by atoms with E-state index in [9.17, 15) is 4.79 Å². The average molecular weight is 284 g/mol. The number of aromatic nitrogens is 1. The maximum Gasteiger partial charge on any atom is 0.415 e. The number of rotatable bonds is 4. The predicted octanol–water partition coefficient (Wildman–Crippen LogP) is 3.36. The molecule has 0 N–H and O–H groups in total. The van der Waals surface area contributed by atoms with Crippen LogP contribution in [0.1, 0.15) is 24.1 Å².